The second-order valence-corrected chi connectivity index (χ2v) is 5.64. The van der Waals surface area contributed by atoms with Crippen LogP contribution in [-0.4, -0.2) is 20.8 Å². The zero-order valence-corrected chi connectivity index (χ0v) is 11.9. The van der Waals surface area contributed by atoms with Crippen molar-refractivity contribution in [2.75, 3.05) is 26.1 Å². The number of nitrogens with one attached hydrogen (secondary N) is 1. The third-order valence-corrected chi connectivity index (χ3v) is 4.59. The molecule has 0 saturated carbocycles. The van der Waals surface area contributed by atoms with Gasteiger partial charge in [0.2, 0.25) is 0 Å². The Morgan fingerprint density at radius 1 is 1.21 bits per heavy atom. The highest BCUT2D eigenvalue weighted by molar-refractivity contribution is 7.10. The molecule has 0 aliphatic carbocycles. The molecule has 0 saturated heterocycles. The van der Waals surface area contributed by atoms with E-state index in [0.29, 0.717) is 5.92 Å². The van der Waals surface area contributed by atoms with Gasteiger partial charge in [-0.2, -0.15) is 0 Å². The molecular formula is C15H17NO2S. The Morgan fingerprint density at radius 2 is 2.00 bits per heavy atom. The number of methoxy groups -OCH3 is 2. The molecule has 1 unspecified atom stereocenters. The van der Waals surface area contributed by atoms with Crippen molar-refractivity contribution in [2.45, 2.75) is 12.3 Å². The van der Waals surface area contributed by atoms with E-state index in [9.17, 15) is 0 Å². The Kier molecular flexibility index (Phi) is 3.34. The summed E-state index contributed by atoms with van der Waals surface area (Å²) in [5.74, 6) is 2.13. The lowest BCUT2D eigenvalue weighted by atomic mass is 9.92. The number of benzene rings is 1. The van der Waals surface area contributed by atoms with Crippen LogP contribution in [0.4, 0.5) is 5.69 Å². The van der Waals surface area contributed by atoms with Crippen LogP contribution in [-0.2, 0) is 6.42 Å². The van der Waals surface area contributed by atoms with Gasteiger partial charge in [-0.15, -0.1) is 11.3 Å². The molecule has 1 aliphatic rings. The highest BCUT2D eigenvalue weighted by Crippen LogP contribution is 2.39. The predicted molar refractivity (Wildman–Crippen MR) is 78.8 cm³/mol. The van der Waals surface area contributed by atoms with Crippen molar-refractivity contribution in [3.05, 3.63) is 40.1 Å². The maximum atomic E-state index is 5.38. The molecule has 1 atom stereocenters. The average Bonchev–Trinajstić information content (AvgIpc) is 2.99. The fourth-order valence-electron chi connectivity index (χ4n) is 2.55. The first kappa shape index (κ1) is 12.4. The highest BCUT2D eigenvalue weighted by atomic mass is 32.1. The Labute approximate surface area is 117 Å². The van der Waals surface area contributed by atoms with Gasteiger partial charge in [0.05, 0.1) is 14.2 Å². The Bertz CT molecular complexity index is 566. The molecule has 100 valence electrons. The first-order valence-corrected chi connectivity index (χ1v) is 7.22. The summed E-state index contributed by atoms with van der Waals surface area (Å²) in [6.45, 7) is 0.975. The van der Waals surface area contributed by atoms with Gasteiger partial charge in [0.15, 0.2) is 11.5 Å². The quantitative estimate of drug-likeness (QED) is 0.929. The van der Waals surface area contributed by atoms with Crippen molar-refractivity contribution < 1.29 is 9.47 Å². The van der Waals surface area contributed by atoms with Crippen molar-refractivity contribution >= 4 is 17.0 Å². The first-order chi connectivity index (χ1) is 9.31. The maximum Gasteiger partial charge on any atom is 0.162 e. The van der Waals surface area contributed by atoms with Crippen molar-refractivity contribution in [1.29, 1.82) is 0 Å². The lowest BCUT2D eigenvalue weighted by Crippen LogP contribution is -2.21. The minimum absolute atomic E-state index is 0.547. The lowest BCUT2D eigenvalue weighted by Gasteiger charge is -2.26. The SMILES string of the molecule is COc1cc2c(cc1OC)NCC(c1cccs1)C2. The van der Waals surface area contributed by atoms with Crippen molar-refractivity contribution in [3.8, 4) is 11.5 Å². The lowest BCUT2D eigenvalue weighted by molar-refractivity contribution is 0.354. The van der Waals surface area contributed by atoms with Crippen LogP contribution < -0.4 is 14.8 Å². The number of rotatable bonds is 3. The van der Waals surface area contributed by atoms with E-state index in [-0.39, 0.29) is 0 Å². The van der Waals surface area contributed by atoms with E-state index >= 15 is 0 Å². The topological polar surface area (TPSA) is 30.5 Å². The minimum Gasteiger partial charge on any atom is -0.493 e. The Hall–Kier alpha value is -1.68. The van der Waals surface area contributed by atoms with Crippen molar-refractivity contribution in [2.24, 2.45) is 0 Å². The molecule has 1 aliphatic heterocycles. The molecule has 1 aromatic heterocycles. The summed E-state index contributed by atoms with van der Waals surface area (Å²) < 4.78 is 10.7. The van der Waals surface area contributed by atoms with Crippen LogP contribution >= 0.6 is 11.3 Å². The maximum absolute atomic E-state index is 5.38. The van der Waals surface area contributed by atoms with Gasteiger partial charge in [0.1, 0.15) is 0 Å². The molecule has 0 bridgehead atoms. The monoisotopic (exact) mass is 275 g/mol. The third-order valence-electron chi connectivity index (χ3n) is 3.56. The molecule has 0 spiro atoms. The van der Waals surface area contributed by atoms with Gasteiger partial charge >= 0.3 is 0 Å². The number of fused-ring (bicyclic) bond motifs is 1. The van der Waals surface area contributed by atoms with Gasteiger partial charge in [-0.05, 0) is 29.5 Å². The van der Waals surface area contributed by atoms with Crippen LogP contribution in [0.25, 0.3) is 0 Å². The highest BCUT2D eigenvalue weighted by Gasteiger charge is 2.22. The molecule has 0 fully saturated rings. The molecule has 3 nitrogen and oxygen atoms in total. The number of anilines is 1. The van der Waals surface area contributed by atoms with E-state index in [2.05, 4.69) is 28.9 Å². The molecule has 0 amide bonds. The van der Waals surface area contributed by atoms with E-state index in [1.165, 1.54) is 10.4 Å². The van der Waals surface area contributed by atoms with Crippen LogP contribution in [0.5, 0.6) is 11.5 Å². The summed E-state index contributed by atoms with van der Waals surface area (Å²) in [5.41, 5.74) is 2.45. The largest absolute Gasteiger partial charge is 0.493 e. The van der Waals surface area contributed by atoms with Crippen molar-refractivity contribution in [3.63, 3.8) is 0 Å². The van der Waals surface area contributed by atoms with Gasteiger partial charge in [0, 0.05) is 29.1 Å². The standard InChI is InChI=1S/C15H17NO2S/c1-17-13-7-10-6-11(15-4-3-5-19-15)9-16-12(10)8-14(13)18-2/h3-5,7-8,11,16H,6,9H2,1-2H3. The number of hydrogen-bond donors (Lipinski definition) is 1. The van der Waals surface area contributed by atoms with Crippen LogP contribution in [0.3, 0.4) is 0 Å². The molecule has 2 aromatic rings. The second-order valence-electron chi connectivity index (χ2n) is 4.66. The number of hydrogen-bond acceptors (Lipinski definition) is 4. The second kappa shape index (κ2) is 5.13. The zero-order chi connectivity index (χ0) is 13.2. The number of ether oxygens (including phenoxy) is 2. The van der Waals surface area contributed by atoms with Crippen LogP contribution in [0, 0.1) is 0 Å². The van der Waals surface area contributed by atoms with Gasteiger partial charge in [-0.25, -0.2) is 0 Å². The molecular weight excluding hydrogens is 258 g/mol. The summed E-state index contributed by atoms with van der Waals surface area (Å²) in [6, 6.07) is 8.44. The molecule has 1 aromatic carbocycles. The van der Waals surface area contributed by atoms with E-state index in [1.54, 1.807) is 14.2 Å². The normalized spacial score (nSPS) is 17.5. The fraction of sp³-hybridized carbons (Fsp3) is 0.333. The summed E-state index contributed by atoms with van der Waals surface area (Å²) >= 11 is 1.83. The molecule has 3 rings (SSSR count). The Balaban J connectivity index is 1.92. The van der Waals surface area contributed by atoms with Crippen LogP contribution in [0.2, 0.25) is 0 Å². The minimum atomic E-state index is 0.547. The average molecular weight is 275 g/mol. The van der Waals surface area contributed by atoms with Crippen LogP contribution in [0.15, 0.2) is 29.6 Å². The van der Waals surface area contributed by atoms with Gasteiger partial charge in [-0.1, -0.05) is 6.07 Å². The van der Waals surface area contributed by atoms with Crippen molar-refractivity contribution in [1.82, 2.24) is 0 Å². The molecule has 2 heterocycles. The van der Waals surface area contributed by atoms with E-state index < -0.39 is 0 Å². The predicted octanol–water partition coefficient (Wildman–Crippen LogP) is 3.52. The van der Waals surface area contributed by atoms with E-state index in [1.807, 2.05) is 17.4 Å². The Morgan fingerprint density at radius 3 is 2.68 bits per heavy atom. The molecule has 4 heteroatoms. The number of thiophene rings is 1. The third kappa shape index (κ3) is 2.28. The summed E-state index contributed by atoms with van der Waals surface area (Å²) in [7, 11) is 3.35. The summed E-state index contributed by atoms with van der Waals surface area (Å²) in [4.78, 5) is 1.44. The van der Waals surface area contributed by atoms with Gasteiger partial charge in [-0.3, -0.25) is 0 Å². The summed E-state index contributed by atoms with van der Waals surface area (Å²) in [5, 5.41) is 5.64. The van der Waals surface area contributed by atoms with E-state index in [0.717, 1.165) is 30.2 Å². The van der Waals surface area contributed by atoms with Gasteiger partial charge < -0.3 is 14.8 Å². The zero-order valence-electron chi connectivity index (χ0n) is 11.1. The van der Waals surface area contributed by atoms with Crippen LogP contribution in [0.1, 0.15) is 16.4 Å². The summed E-state index contributed by atoms with van der Waals surface area (Å²) in [6.07, 6.45) is 1.04. The smallest absolute Gasteiger partial charge is 0.162 e. The fourth-order valence-corrected chi connectivity index (χ4v) is 3.38. The molecule has 19 heavy (non-hydrogen) atoms. The van der Waals surface area contributed by atoms with E-state index in [4.69, 9.17) is 9.47 Å². The first-order valence-electron chi connectivity index (χ1n) is 6.34. The molecule has 1 N–H and O–H groups in total. The van der Waals surface area contributed by atoms with Gasteiger partial charge in [0.25, 0.3) is 0 Å². The molecule has 0 radical (unpaired) electrons.